The number of carbonyl (C=O) groups excluding carboxylic acids is 1. The molecule has 0 bridgehead atoms. The average Bonchev–Trinajstić information content (AvgIpc) is 2.26. The van der Waals surface area contributed by atoms with Gasteiger partial charge in [0.05, 0.1) is 11.6 Å². The Hall–Kier alpha value is -0.650. The van der Waals surface area contributed by atoms with Crippen LogP contribution in [-0.4, -0.2) is 44.4 Å². The number of nitrogens with two attached hydrogens (primary N) is 1. The van der Waals surface area contributed by atoms with Gasteiger partial charge in [0, 0.05) is 26.9 Å². The number of rotatable bonds is 4. The predicted octanol–water partition coefficient (Wildman–Crippen LogP) is -0.355. The molecule has 5 nitrogen and oxygen atoms in total. The fraction of sp³-hybridized carbons (Fsp3) is 0.900. The third-order valence-electron chi connectivity index (χ3n) is 2.79. The smallest absolute Gasteiger partial charge is 0.240 e. The molecule has 1 unspecified atom stereocenters. The van der Waals surface area contributed by atoms with Gasteiger partial charge in [-0.05, 0) is 19.8 Å². The molecule has 0 aliphatic carbocycles. The highest BCUT2D eigenvalue weighted by molar-refractivity contribution is 5.86. The molecule has 1 aliphatic rings. The summed E-state index contributed by atoms with van der Waals surface area (Å²) in [5.41, 5.74) is 5.24. The molecule has 0 aromatic heterocycles. The number of amides is 1. The lowest BCUT2D eigenvalue weighted by Gasteiger charge is -2.32. The second-order valence-electron chi connectivity index (χ2n) is 4.02. The van der Waals surface area contributed by atoms with Gasteiger partial charge in [0.15, 0.2) is 0 Å². The Morgan fingerprint density at radius 1 is 1.60 bits per heavy atom. The molecule has 0 aromatic carbocycles. The largest absolute Gasteiger partial charge is 0.381 e. The average molecular weight is 216 g/mol. The van der Waals surface area contributed by atoms with E-state index in [4.69, 9.17) is 15.2 Å². The van der Waals surface area contributed by atoms with Crippen LogP contribution in [0.4, 0.5) is 0 Å². The van der Waals surface area contributed by atoms with Gasteiger partial charge < -0.3 is 20.5 Å². The van der Waals surface area contributed by atoms with Crippen molar-refractivity contribution < 1.29 is 14.3 Å². The lowest BCUT2D eigenvalue weighted by molar-refractivity contribution is -0.130. The molecule has 1 heterocycles. The molecule has 0 saturated carbocycles. The molecule has 1 fully saturated rings. The van der Waals surface area contributed by atoms with Gasteiger partial charge in [0.2, 0.25) is 5.91 Å². The van der Waals surface area contributed by atoms with Crippen LogP contribution in [-0.2, 0) is 14.3 Å². The molecule has 1 aliphatic heterocycles. The predicted molar refractivity (Wildman–Crippen MR) is 56.5 cm³/mol. The Bertz CT molecular complexity index is 215. The summed E-state index contributed by atoms with van der Waals surface area (Å²) in [5.74, 6) is -0.102. The molecule has 1 rings (SSSR count). The van der Waals surface area contributed by atoms with Crippen LogP contribution in [0, 0.1) is 0 Å². The number of hydrogen-bond donors (Lipinski definition) is 2. The van der Waals surface area contributed by atoms with Gasteiger partial charge in [0.1, 0.15) is 0 Å². The Kier molecular flexibility index (Phi) is 4.50. The Labute approximate surface area is 90.3 Å². The fourth-order valence-electron chi connectivity index (χ4n) is 1.46. The molecule has 5 heteroatoms. The van der Waals surface area contributed by atoms with E-state index in [2.05, 4.69) is 5.32 Å². The van der Waals surface area contributed by atoms with Crippen LogP contribution in [0.2, 0.25) is 0 Å². The van der Waals surface area contributed by atoms with Crippen LogP contribution >= 0.6 is 0 Å². The maximum Gasteiger partial charge on any atom is 0.240 e. The molecule has 3 N–H and O–H groups in total. The van der Waals surface area contributed by atoms with E-state index in [0.717, 1.165) is 0 Å². The maximum atomic E-state index is 11.8. The number of carbonyl (C=O) groups is 1. The van der Waals surface area contributed by atoms with Crippen molar-refractivity contribution in [2.45, 2.75) is 31.4 Å². The molecule has 0 spiro atoms. The van der Waals surface area contributed by atoms with E-state index >= 15 is 0 Å². The normalized spacial score (nSPS) is 22.1. The van der Waals surface area contributed by atoms with Gasteiger partial charge >= 0.3 is 0 Å². The highest BCUT2D eigenvalue weighted by Crippen LogP contribution is 2.17. The molecule has 0 aromatic rings. The standard InChI is InChI=1S/C10H20N2O3/c1-8(14-2)7-12-9(13)10(11)3-5-15-6-4-10/h8H,3-7,11H2,1-2H3,(H,12,13). The molecule has 1 amide bonds. The van der Waals surface area contributed by atoms with Crippen LogP contribution in [0.5, 0.6) is 0 Å². The van der Waals surface area contributed by atoms with Crippen molar-refractivity contribution in [3.8, 4) is 0 Å². The summed E-state index contributed by atoms with van der Waals surface area (Å²) in [6.45, 7) is 3.51. The van der Waals surface area contributed by atoms with Crippen LogP contribution in [0.25, 0.3) is 0 Å². The van der Waals surface area contributed by atoms with E-state index in [1.54, 1.807) is 7.11 Å². The molecule has 1 atom stereocenters. The topological polar surface area (TPSA) is 73.6 Å². The van der Waals surface area contributed by atoms with E-state index in [-0.39, 0.29) is 12.0 Å². The van der Waals surface area contributed by atoms with Gasteiger partial charge in [-0.2, -0.15) is 0 Å². The quantitative estimate of drug-likeness (QED) is 0.673. The Balaban J connectivity index is 2.37. The number of hydrogen-bond acceptors (Lipinski definition) is 4. The van der Waals surface area contributed by atoms with Gasteiger partial charge in [-0.1, -0.05) is 0 Å². The van der Waals surface area contributed by atoms with Crippen molar-refractivity contribution in [2.24, 2.45) is 5.73 Å². The summed E-state index contributed by atoms with van der Waals surface area (Å²) in [6.07, 6.45) is 1.18. The fourth-order valence-corrected chi connectivity index (χ4v) is 1.46. The first-order valence-corrected chi connectivity index (χ1v) is 5.26. The number of methoxy groups -OCH3 is 1. The Morgan fingerprint density at radius 3 is 2.73 bits per heavy atom. The van der Waals surface area contributed by atoms with Gasteiger partial charge in [-0.3, -0.25) is 4.79 Å². The maximum absolute atomic E-state index is 11.8. The van der Waals surface area contributed by atoms with E-state index in [1.165, 1.54) is 0 Å². The summed E-state index contributed by atoms with van der Waals surface area (Å²) in [6, 6.07) is 0. The molecule has 0 radical (unpaired) electrons. The molecule has 15 heavy (non-hydrogen) atoms. The summed E-state index contributed by atoms with van der Waals surface area (Å²) >= 11 is 0. The van der Waals surface area contributed by atoms with Gasteiger partial charge in [-0.15, -0.1) is 0 Å². The Morgan fingerprint density at radius 2 is 2.20 bits per heavy atom. The second-order valence-corrected chi connectivity index (χ2v) is 4.02. The summed E-state index contributed by atoms with van der Waals surface area (Å²) in [4.78, 5) is 11.8. The minimum absolute atomic E-state index is 0.0115. The van der Waals surface area contributed by atoms with Crippen molar-refractivity contribution in [2.75, 3.05) is 26.9 Å². The summed E-state index contributed by atoms with van der Waals surface area (Å²) in [7, 11) is 1.61. The first-order valence-electron chi connectivity index (χ1n) is 5.26. The van der Waals surface area contributed by atoms with E-state index < -0.39 is 5.54 Å². The van der Waals surface area contributed by atoms with Crippen molar-refractivity contribution in [1.82, 2.24) is 5.32 Å². The van der Waals surface area contributed by atoms with Crippen molar-refractivity contribution in [3.63, 3.8) is 0 Å². The van der Waals surface area contributed by atoms with E-state index in [1.807, 2.05) is 6.92 Å². The van der Waals surface area contributed by atoms with Crippen molar-refractivity contribution >= 4 is 5.91 Å². The molecule has 1 saturated heterocycles. The van der Waals surface area contributed by atoms with E-state index in [9.17, 15) is 4.79 Å². The number of ether oxygens (including phenoxy) is 2. The zero-order valence-corrected chi connectivity index (χ0v) is 9.41. The minimum atomic E-state index is -0.758. The summed E-state index contributed by atoms with van der Waals surface area (Å²) in [5, 5.41) is 2.80. The van der Waals surface area contributed by atoms with Gasteiger partial charge in [-0.25, -0.2) is 0 Å². The molecule has 88 valence electrons. The highest BCUT2D eigenvalue weighted by atomic mass is 16.5. The lowest BCUT2D eigenvalue weighted by Crippen LogP contribution is -2.57. The highest BCUT2D eigenvalue weighted by Gasteiger charge is 2.35. The first-order chi connectivity index (χ1) is 7.08. The van der Waals surface area contributed by atoms with Crippen LogP contribution < -0.4 is 11.1 Å². The number of nitrogens with one attached hydrogen (secondary N) is 1. The lowest BCUT2D eigenvalue weighted by atomic mass is 9.90. The zero-order chi connectivity index (χ0) is 11.3. The van der Waals surface area contributed by atoms with Crippen LogP contribution in [0.15, 0.2) is 0 Å². The zero-order valence-electron chi connectivity index (χ0n) is 9.41. The van der Waals surface area contributed by atoms with E-state index in [0.29, 0.717) is 32.6 Å². The molecular weight excluding hydrogens is 196 g/mol. The SMILES string of the molecule is COC(C)CNC(=O)C1(N)CCOCC1. The molecular formula is C10H20N2O3. The van der Waals surface area contributed by atoms with Crippen molar-refractivity contribution in [1.29, 1.82) is 0 Å². The third-order valence-corrected chi connectivity index (χ3v) is 2.79. The second kappa shape index (κ2) is 5.44. The van der Waals surface area contributed by atoms with Crippen LogP contribution in [0.3, 0.4) is 0 Å². The minimum Gasteiger partial charge on any atom is -0.381 e. The summed E-state index contributed by atoms with van der Waals surface area (Å²) < 4.78 is 10.2. The van der Waals surface area contributed by atoms with Crippen LogP contribution in [0.1, 0.15) is 19.8 Å². The third kappa shape index (κ3) is 3.44. The monoisotopic (exact) mass is 216 g/mol. The first kappa shape index (κ1) is 12.4. The van der Waals surface area contributed by atoms with Gasteiger partial charge in [0.25, 0.3) is 0 Å². The van der Waals surface area contributed by atoms with Crippen molar-refractivity contribution in [3.05, 3.63) is 0 Å².